The van der Waals surface area contributed by atoms with Gasteiger partial charge < -0.3 is 15.2 Å². The number of hydrogen-bond acceptors (Lipinski definition) is 3. The Morgan fingerprint density at radius 1 is 1.03 bits per heavy atom. The highest BCUT2D eigenvalue weighted by Crippen LogP contribution is 2.42. The molecule has 4 aromatic rings. The minimum Gasteiger partial charge on any atom is -0.489 e. The molecule has 190 valence electrons. The molecule has 0 spiro atoms. The minimum absolute atomic E-state index is 0.0250. The molecule has 2 N–H and O–H groups in total. The van der Waals surface area contributed by atoms with Gasteiger partial charge in [0.05, 0.1) is 11.1 Å². The summed E-state index contributed by atoms with van der Waals surface area (Å²) in [4.78, 5) is 11.4. The number of fused-ring (bicyclic) bond motifs is 2. The van der Waals surface area contributed by atoms with Gasteiger partial charge in [0.25, 0.3) is 0 Å². The van der Waals surface area contributed by atoms with Gasteiger partial charge in [-0.1, -0.05) is 66.7 Å². The highest BCUT2D eigenvalue weighted by molar-refractivity contribution is 5.90. The van der Waals surface area contributed by atoms with Crippen molar-refractivity contribution in [2.24, 2.45) is 0 Å². The molecule has 0 aliphatic carbocycles. The molecule has 1 heterocycles. The highest BCUT2D eigenvalue weighted by atomic mass is 19.4. The number of halogens is 3. The summed E-state index contributed by atoms with van der Waals surface area (Å²) in [5, 5.41) is 15.1. The van der Waals surface area contributed by atoms with Crippen molar-refractivity contribution in [2.45, 2.75) is 37.6 Å². The number of carboxylic acid groups (broad SMARTS) is 1. The number of aromatic carboxylic acids is 1. The fraction of sp³-hybridized carbons (Fsp3) is 0.233. The Kier molecular flexibility index (Phi) is 6.65. The van der Waals surface area contributed by atoms with Gasteiger partial charge in [-0.15, -0.1) is 0 Å². The molecule has 0 unspecified atom stereocenters. The molecule has 0 saturated heterocycles. The molecule has 7 heteroatoms. The van der Waals surface area contributed by atoms with Crippen LogP contribution in [-0.2, 0) is 6.18 Å². The van der Waals surface area contributed by atoms with Gasteiger partial charge in [-0.2, -0.15) is 13.2 Å². The second-order valence-corrected chi connectivity index (χ2v) is 9.37. The van der Waals surface area contributed by atoms with E-state index in [1.807, 2.05) is 42.5 Å². The van der Waals surface area contributed by atoms with E-state index in [1.54, 1.807) is 0 Å². The summed E-state index contributed by atoms with van der Waals surface area (Å²) in [7, 11) is 0. The van der Waals surface area contributed by atoms with Crippen LogP contribution in [0.1, 0.15) is 57.9 Å². The van der Waals surface area contributed by atoms with E-state index < -0.39 is 23.3 Å². The second kappa shape index (κ2) is 9.90. The van der Waals surface area contributed by atoms with Crippen LogP contribution in [0.4, 0.5) is 13.2 Å². The van der Waals surface area contributed by atoms with Crippen LogP contribution in [0, 0.1) is 0 Å². The van der Waals surface area contributed by atoms with Gasteiger partial charge in [0.2, 0.25) is 0 Å². The lowest BCUT2D eigenvalue weighted by Crippen LogP contribution is -2.37. The summed E-state index contributed by atoms with van der Waals surface area (Å²) < 4.78 is 47.4. The smallest absolute Gasteiger partial charge is 0.417 e. The molecule has 37 heavy (non-hydrogen) atoms. The maximum Gasteiger partial charge on any atom is 0.417 e. The Hall–Kier alpha value is -3.84. The lowest BCUT2D eigenvalue weighted by molar-refractivity contribution is -0.138. The quantitative estimate of drug-likeness (QED) is 0.291. The highest BCUT2D eigenvalue weighted by Gasteiger charge is 2.37. The van der Waals surface area contributed by atoms with Crippen LogP contribution in [-0.4, -0.2) is 23.7 Å². The van der Waals surface area contributed by atoms with Gasteiger partial charge in [-0.3, -0.25) is 0 Å². The van der Waals surface area contributed by atoms with Crippen LogP contribution >= 0.6 is 0 Å². The fourth-order valence-electron chi connectivity index (χ4n) is 5.18. The minimum atomic E-state index is -4.77. The summed E-state index contributed by atoms with van der Waals surface area (Å²) in [5.74, 6) is -1.34. The third-order valence-corrected chi connectivity index (χ3v) is 7.01. The third-order valence-electron chi connectivity index (χ3n) is 7.01. The summed E-state index contributed by atoms with van der Waals surface area (Å²) >= 11 is 0. The number of benzene rings is 4. The number of ether oxygens (including phenoxy) is 1. The van der Waals surface area contributed by atoms with Crippen LogP contribution in [0.5, 0.6) is 5.75 Å². The van der Waals surface area contributed by atoms with Crippen LogP contribution in [0.15, 0.2) is 84.9 Å². The number of para-hydroxylation sites is 1. The second-order valence-electron chi connectivity index (χ2n) is 9.37. The first kappa shape index (κ1) is 24.8. The van der Waals surface area contributed by atoms with Crippen LogP contribution in [0.2, 0.25) is 0 Å². The van der Waals surface area contributed by atoms with Crippen molar-refractivity contribution in [1.29, 1.82) is 0 Å². The fourth-order valence-corrected chi connectivity index (χ4v) is 5.18. The van der Waals surface area contributed by atoms with Crippen molar-refractivity contribution in [2.75, 3.05) is 6.54 Å². The predicted molar refractivity (Wildman–Crippen MR) is 136 cm³/mol. The van der Waals surface area contributed by atoms with Crippen molar-refractivity contribution in [1.82, 2.24) is 5.32 Å². The van der Waals surface area contributed by atoms with E-state index in [0.29, 0.717) is 24.3 Å². The number of hydrogen-bond donors (Lipinski definition) is 2. The van der Waals surface area contributed by atoms with Gasteiger partial charge in [-0.25, -0.2) is 4.79 Å². The number of carboxylic acids is 1. The maximum atomic E-state index is 13.7. The predicted octanol–water partition coefficient (Wildman–Crippen LogP) is 7.19. The Morgan fingerprint density at radius 2 is 1.76 bits per heavy atom. The van der Waals surface area contributed by atoms with E-state index in [4.69, 9.17) is 4.74 Å². The molecule has 0 aromatic heterocycles. The Balaban J connectivity index is 1.42. The monoisotopic (exact) mass is 505 g/mol. The molecular weight excluding hydrogens is 479 g/mol. The first-order chi connectivity index (χ1) is 17.7. The zero-order valence-electron chi connectivity index (χ0n) is 20.1. The SMILES string of the molecule is C[C@@H](NC[C@H]1C[C@@H](c2ccc(C(=O)O)c(C(F)(F)F)c2)c2ccccc2O1)c1cccc2ccccc12. The van der Waals surface area contributed by atoms with Crippen LogP contribution in [0.3, 0.4) is 0 Å². The molecule has 4 nitrogen and oxygen atoms in total. The maximum absolute atomic E-state index is 13.7. The van der Waals surface area contributed by atoms with Gasteiger partial charge in [0.1, 0.15) is 11.9 Å². The lowest BCUT2D eigenvalue weighted by Gasteiger charge is -2.34. The van der Waals surface area contributed by atoms with Crippen molar-refractivity contribution < 1.29 is 27.8 Å². The molecule has 3 atom stereocenters. The number of alkyl halides is 3. The number of nitrogens with one attached hydrogen (secondary N) is 1. The first-order valence-corrected chi connectivity index (χ1v) is 12.1. The average Bonchev–Trinajstić information content (AvgIpc) is 2.90. The zero-order chi connectivity index (χ0) is 26.2. The molecule has 0 amide bonds. The van der Waals surface area contributed by atoms with Crippen molar-refractivity contribution >= 4 is 16.7 Å². The number of rotatable bonds is 6. The summed E-state index contributed by atoms with van der Waals surface area (Å²) in [6.45, 7) is 2.57. The molecule has 1 aliphatic rings. The normalized spacial score (nSPS) is 18.2. The van der Waals surface area contributed by atoms with E-state index in [9.17, 15) is 23.1 Å². The summed E-state index contributed by atoms with van der Waals surface area (Å²) in [6.07, 6.45) is -4.61. The van der Waals surface area contributed by atoms with E-state index in [0.717, 1.165) is 34.0 Å². The van der Waals surface area contributed by atoms with E-state index in [2.05, 4.69) is 36.5 Å². The molecule has 1 aliphatic heterocycles. The number of carbonyl (C=O) groups is 1. The Labute approximate surface area is 212 Å². The van der Waals surface area contributed by atoms with Gasteiger partial charge in [0.15, 0.2) is 0 Å². The molecule has 0 saturated carbocycles. The van der Waals surface area contributed by atoms with E-state index in [-0.39, 0.29) is 18.1 Å². The lowest BCUT2D eigenvalue weighted by atomic mass is 9.83. The van der Waals surface area contributed by atoms with Crippen molar-refractivity contribution in [3.63, 3.8) is 0 Å². The topological polar surface area (TPSA) is 58.6 Å². The van der Waals surface area contributed by atoms with Gasteiger partial charge >= 0.3 is 12.1 Å². The van der Waals surface area contributed by atoms with Crippen LogP contribution < -0.4 is 10.1 Å². The van der Waals surface area contributed by atoms with E-state index >= 15 is 0 Å². The molecule has 0 fully saturated rings. The molecule has 0 radical (unpaired) electrons. The molecule has 5 rings (SSSR count). The zero-order valence-corrected chi connectivity index (χ0v) is 20.1. The van der Waals surface area contributed by atoms with E-state index in [1.165, 1.54) is 6.07 Å². The van der Waals surface area contributed by atoms with Crippen molar-refractivity contribution in [3.05, 3.63) is 113 Å². The Bertz CT molecular complexity index is 1440. The molecule has 4 aromatic carbocycles. The molecule has 0 bridgehead atoms. The third kappa shape index (κ3) is 5.04. The van der Waals surface area contributed by atoms with Crippen molar-refractivity contribution in [3.8, 4) is 5.75 Å². The standard InChI is InChI=1S/C30H26F3NO3/c1-18(22-11-6-8-19-7-2-3-9-23(19)22)34-17-21-16-26(24-10-4-5-12-28(24)37-21)20-13-14-25(29(35)36)27(15-20)30(31,32)33/h2-15,18,21,26,34H,16-17H2,1H3,(H,35,36)/t18-,21-,26+/m1/s1. The van der Waals surface area contributed by atoms with Gasteiger partial charge in [-0.05, 0) is 53.4 Å². The first-order valence-electron chi connectivity index (χ1n) is 12.1. The largest absolute Gasteiger partial charge is 0.489 e. The Morgan fingerprint density at radius 3 is 2.54 bits per heavy atom. The molecular formula is C30H26F3NO3. The average molecular weight is 506 g/mol. The summed E-state index contributed by atoms with van der Waals surface area (Å²) in [6, 6.07) is 25.2. The van der Waals surface area contributed by atoms with Crippen LogP contribution in [0.25, 0.3) is 10.8 Å². The summed E-state index contributed by atoms with van der Waals surface area (Å²) in [5.41, 5.74) is 0.474. The van der Waals surface area contributed by atoms with Gasteiger partial charge in [0, 0.05) is 24.1 Å².